The number of nitrogens with one attached hydrogen (secondary N) is 1. The standard InChI is InChI=1S/C30H36ClN3O4S/c1-3-20-32-30(36)28(22-24-13-6-4-7-14-24)33(23-25-15-10-11-18-27(25)31)29(35)19-12-21-34(39(2,37)38)26-16-8-5-9-17-26/h4-11,13-18,28H,3,12,19-23H2,1-2H3,(H,32,36). The van der Waals surface area contributed by atoms with Gasteiger partial charge >= 0.3 is 0 Å². The van der Waals surface area contributed by atoms with Crippen molar-refractivity contribution in [3.05, 3.63) is 101 Å². The van der Waals surface area contributed by atoms with E-state index in [1.54, 1.807) is 35.2 Å². The first-order chi connectivity index (χ1) is 18.7. The molecule has 208 valence electrons. The third-order valence-electron chi connectivity index (χ3n) is 6.32. The van der Waals surface area contributed by atoms with Crippen molar-refractivity contribution in [2.75, 3.05) is 23.7 Å². The molecule has 1 unspecified atom stereocenters. The van der Waals surface area contributed by atoms with Crippen LogP contribution in [0.1, 0.15) is 37.3 Å². The zero-order valence-electron chi connectivity index (χ0n) is 22.4. The number of para-hydroxylation sites is 1. The molecule has 9 heteroatoms. The van der Waals surface area contributed by atoms with Crippen LogP contribution < -0.4 is 9.62 Å². The summed E-state index contributed by atoms with van der Waals surface area (Å²) in [5.74, 6) is -0.479. The summed E-state index contributed by atoms with van der Waals surface area (Å²) in [6, 6.07) is 24.9. The molecular weight excluding hydrogens is 534 g/mol. The van der Waals surface area contributed by atoms with Gasteiger partial charge in [-0.25, -0.2) is 8.42 Å². The molecule has 3 aromatic carbocycles. The van der Waals surface area contributed by atoms with E-state index in [1.807, 2.05) is 61.5 Å². The van der Waals surface area contributed by atoms with E-state index in [0.29, 0.717) is 23.7 Å². The van der Waals surface area contributed by atoms with E-state index in [4.69, 9.17) is 11.6 Å². The molecule has 3 aromatic rings. The van der Waals surface area contributed by atoms with Gasteiger partial charge in [-0.05, 0) is 42.2 Å². The van der Waals surface area contributed by atoms with Crippen LogP contribution in [0.5, 0.6) is 0 Å². The van der Waals surface area contributed by atoms with E-state index in [2.05, 4.69) is 5.32 Å². The van der Waals surface area contributed by atoms with Crippen molar-refractivity contribution in [3.63, 3.8) is 0 Å². The van der Waals surface area contributed by atoms with Crippen LogP contribution in [-0.2, 0) is 32.6 Å². The van der Waals surface area contributed by atoms with Crippen molar-refractivity contribution >= 4 is 39.1 Å². The Morgan fingerprint density at radius 2 is 1.54 bits per heavy atom. The molecule has 0 heterocycles. The Morgan fingerprint density at radius 3 is 2.15 bits per heavy atom. The van der Waals surface area contributed by atoms with Gasteiger partial charge in [0.2, 0.25) is 21.8 Å². The third-order valence-corrected chi connectivity index (χ3v) is 7.88. The molecule has 0 spiro atoms. The Labute approximate surface area is 236 Å². The first kappa shape index (κ1) is 30.2. The van der Waals surface area contributed by atoms with Crippen LogP contribution in [-0.4, -0.2) is 50.5 Å². The van der Waals surface area contributed by atoms with Crippen LogP contribution >= 0.6 is 11.6 Å². The lowest BCUT2D eigenvalue weighted by Crippen LogP contribution is -2.50. The second kappa shape index (κ2) is 14.7. The summed E-state index contributed by atoms with van der Waals surface area (Å²) < 4.78 is 26.3. The van der Waals surface area contributed by atoms with Gasteiger partial charge < -0.3 is 10.2 Å². The minimum absolute atomic E-state index is 0.0651. The maximum atomic E-state index is 13.8. The van der Waals surface area contributed by atoms with Crippen molar-refractivity contribution in [3.8, 4) is 0 Å². The second-order valence-corrected chi connectivity index (χ2v) is 11.7. The molecule has 0 aliphatic heterocycles. The number of halogens is 1. The summed E-state index contributed by atoms with van der Waals surface area (Å²) in [5, 5.41) is 3.46. The molecule has 0 saturated carbocycles. The lowest BCUT2D eigenvalue weighted by atomic mass is 10.0. The molecule has 39 heavy (non-hydrogen) atoms. The van der Waals surface area contributed by atoms with Gasteiger partial charge in [-0.15, -0.1) is 0 Å². The Bertz CT molecular complexity index is 1320. The molecule has 0 saturated heterocycles. The second-order valence-electron chi connectivity index (χ2n) is 9.38. The Balaban J connectivity index is 1.87. The van der Waals surface area contributed by atoms with Crippen LogP contribution in [0.4, 0.5) is 5.69 Å². The highest BCUT2D eigenvalue weighted by molar-refractivity contribution is 7.92. The minimum Gasteiger partial charge on any atom is -0.354 e. The Kier molecular flexibility index (Phi) is 11.4. The van der Waals surface area contributed by atoms with Crippen molar-refractivity contribution in [1.82, 2.24) is 10.2 Å². The summed E-state index contributed by atoms with van der Waals surface area (Å²) in [6.07, 6.45) is 2.61. The smallest absolute Gasteiger partial charge is 0.243 e. The van der Waals surface area contributed by atoms with Gasteiger partial charge in [0.05, 0.1) is 11.9 Å². The zero-order chi connectivity index (χ0) is 28.3. The van der Waals surface area contributed by atoms with Crippen LogP contribution in [0.25, 0.3) is 0 Å². The topological polar surface area (TPSA) is 86.8 Å². The molecule has 7 nitrogen and oxygen atoms in total. The van der Waals surface area contributed by atoms with Gasteiger partial charge in [-0.2, -0.15) is 0 Å². The number of sulfonamides is 1. The number of amides is 2. The number of anilines is 1. The molecule has 0 aromatic heterocycles. The molecular formula is C30H36ClN3O4S. The van der Waals surface area contributed by atoms with Gasteiger partial charge in [0.15, 0.2) is 0 Å². The number of carbonyl (C=O) groups excluding carboxylic acids is 2. The predicted molar refractivity (Wildman–Crippen MR) is 157 cm³/mol. The number of benzene rings is 3. The first-order valence-corrected chi connectivity index (χ1v) is 15.3. The van der Waals surface area contributed by atoms with Crippen LogP contribution in [0, 0.1) is 0 Å². The van der Waals surface area contributed by atoms with Crippen molar-refractivity contribution in [2.45, 2.75) is 45.2 Å². The normalized spacial score (nSPS) is 12.0. The monoisotopic (exact) mass is 569 g/mol. The maximum absolute atomic E-state index is 13.8. The number of carbonyl (C=O) groups is 2. The predicted octanol–water partition coefficient (Wildman–Crippen LogP) is 5.05. The summed E-state index contributed by atoms with van der Waals surface area (Å²) >= 11 is 6.45. The molecule has 3 rings (SSSR count). The number of nitrogens with zero attached hydrogens (tertiary/aromatic N) is 2. The van der Waals surface area contributed by atoms with E-state index in [-0.39, 0.29) is 37.7 Å². The van der Waals surface area contributed by atoms with E-state index in [0.717, 1.165) is 23.8 Å². The lowest BCUT2D eigenvalue weighted by Gasteiger charge is -2.32. The highest BCUT2D eigenvalue weighted by atomic mass is 35.5. The fraction of sp³-hybridized carbons (Fsp3) is 0.333. The van der Waals surface area contributed by atoms with Crippen LogP contribution in [0.3, 0.4) is 0 Å². The van der Waals surface area contributed by atoms with E-state index < -0.39 is 16.1 Å². The molecule has 0 radical (unpaired) electrons. The largest absolute Gasteiger partial charge is 0.354 e. The summed E-state index contributed by atoms with van der Waals surface area (Å²) in [5.41, 5.74) is 2.20. The van der Waals surface area contributed by atoms with Gasteiger partial charge in [0.1, 0.15) is 6.04 Å². The summed E-state index contributed by atoms with van der Waals surface area (Å²) in [4.78, 5) is 28.7. The molecule has 1 atom stereocenters. The Hall–Kier alpha value is -3.36. The highest BCUT2D eigenvalue weighted by Gasteiger charge is 2.30. The molecule has 2 amide bonds. The summed E-state index contributed by atoms with van der Waals surface area (Å²) in [6.45, 7) is 2.77. The van der Waals surface area contributed by atoms with Crippen molar-refractivity contribution < 1.29 is 18.0 Å². The minimum atomic E-state index is -3.54. The lowest BCUT2D eigenvalue weighted by molar-refractivity contribution is -0.141. The van der Waals surface area contributed by atoms with Gasteiger partial charge in [-0.1, -0.05) is 85.3 Å². The SMILES string of the molecule is CCCNC(=O)C(Cc1ccccc1)N(Cc1ccccc1Cl)C(=O)CCCN(c1ccccc1)S(C)(=O)=O. The molecule has 1 N–H and O–H groups in total. The van der Waals surface area contributed by atoms with E-state index >= 15 is 0 Å². The van der Waals surface area contributed by atoms with Crippen molar-refractivity contribution in [2.24, 2.45) is 0 Å². The van der Waals surface area contributed by atoms with Gasteiger partial charge in [0, 0.05) is 37.5 Å². The van der Waals surface area contributed by atoms with Crippen molar-refractivity contribution in [1.29, 1.82) is 0 Å². The van der Waals surface area contributed by atoms with E-state index in [1.165, 1.54) is 4.31 Å². The van der Waals surface area contributed by atoms with E-state index in [9.17, 15) is 18.0 Å². The molecule has 0 aliphatic rings. The molecule has 0 fully saturated rings. The fourth-order valence-electron chi connectivity index (χ4n) is 4.33. The molecule has 0 aliphatic carbocycles. The van der Waals surface area contributed by atoms with Gasteiger partial charge in [-0.3, -0.25) is 13.9 Å². The quantitative estimate of drug-likeness (QED) is 0.294. The number of hydrogen-bond donors (Lipinski definition) is 1. The summed E-state index contributed by atoms with van der Waals surface area (Å²) in [7, 11) is -3.54. The van der Waals surface area contributed by atoms with Crippen LogP contribution in [0.15, 0.2) is 84.9 Å². The molecule has 0 bridgehead atoms. The average Bonchev–Trinajstić information content (AvgIpc) is 2.92. The number of rotatable bonds is 14. The fourth-order valence-corrected chi connectivity index (χ4v) is 5.49. The third kappa shape index (κ3) is 9.11. The van der Waals surface area contributed by atoms with Gasteiger partial charge in [0.25, 0.3) is 0 Å². The van der Waals surface area contributed by atoms with Crippen LogP contribution in [0.2, 0.25) is 5.02 Å². The number of hydrogen-bond acceptors (Lipinski definition) is 4. The maximum Gasteiger partial charge on any atom is 0.243 e. The highest BCUT2D eigenvalue weighted by Crippen LogP contribution is 2.22. The average molecular weight is 570 g/mol. The Morgan fingerprint density at radius 1 is 0.923 bits per heavy atom. The first-order valence-electron chi connectivity index (χ1n) is 13.1. The zero-order valence-corrected chi connectivity index (χ0v) is 24.0.